The van der Waals surface area contributed by atoms with E-state index in [-0.39, 0.29) is 34.6 Å². The summed E-state index contributed by atoms with van der Waals surface area (Å²) in [5.74, 6) is -0.763. The summed E-state index contributed by atoms with van der Waals surface area (Å²) in [4.78, 5) is 26.3. The number of amides is 2. The molecule has 2 amide bonds. The van der Waals surface area contributed by atoms with Gasteiger partial charge in [-0.05, 0) is 50.2 Å². The molecule has 0 aliphatic carbocycles. The van der Waals surface area contributed by atoms with E-state index >= 15 is 0 Å². The minimum Gasteiger partial charge on any atom is -0.324 e. The first-order chi connectivity index (χ1) is 15.2. The number of hydrogen-bond acceptors (Lipinski definition) is 5. The summed E-state index contributed by atoms with van der Waals surface area (Å²) >= 11 is 12.2. The maximum Gasteiger partial charge on any atom is 0.243 e. The monoisotopic (exact) mass is 498 g/mol. The van der Waals surface area contributed by atoms with Gasteiger partial charge >= 0.3 is 0 Å². The standard InChI is InChI=1S/C21H24Cl2N4O4S/c1-26(13-20(28)24-18-7-3-2-6-16(18)22)14-21(29)25-19-12-15(8-9-17(19)23)32(30,31)27-10-4-5-11-27/h2-3,6-9,12H,4-5,10-11,13-14H2,1H3,(H,24,28)(H,25,29). The highest BCUT2D eigenvalue weighted by Crippen LogP contribution is 2.28. The Morgan fingerprint density at radius 3 is 2.12 bits per heavy atom. The second kappa shape index (κ2) is 10.6. The van der Waals surface area contributed by atoms with Crippen LogP contribution >= 0.6 is 23.2 Å². The number of anilines is 2. The van der Waals surface area contributed by atoms with Gasteiger partial charge in [-0.25, -0.2) is 8.42 Å². The van der Waals surface area contributed by atoms with E-state index < -0.39 is 15.9 Å². The van der Waals surface area contributed by atoms with Crippen molar-refractivity contribution >= 4 is 56.4 Å². The molecule has 0 unspecified atom stereocenters. The lowest BCUT2D eigenvalue weighted by Gasteiger charge is -2.18. The lowest BCUT2D eigenvalue weighted by molar-refractivity contribution is -0.119. The zero-order valence-corrected chi connectivity index (χ0v) is 19.8. The molecule has 2 aromatic rings. The van der Waals surface area contributed by atoms with Gasteiger partial charge in [-0.15, -0.1) is 0 Å². The van der Waals surface area contributed by atoms with Crippen molar-refractivity contribution in [2.24, 2.45) is 0 Å². The SMILES string of the molecule is CN(CC(=O)Nc1ccccc1Cl)CC(=O)Nc1cc(S(=O)(=O)N2CCCC2)ccc1Cl. The summed E-state index contributed by atoms with van der Waals surface area (Å²) in [6, 6.07) is 11.1. The predicted octanol–water partition coefficient (Wildman–Crippen LogP) is 3.29. The van der Waals surface area contributed by atoms with Crippen molar-refractivity contribution < 1.29 is 18.0 Å². The molecule has 0 aromatic heterocycles. The number of rotatable bonds is 8. The molecule has 1 aliphatic heterocycles. The normalized spacial score (nSPS) is 14.5. The molecule has 0 bridgehead atoms. The molecule has 0 saturated carbocycles. The number of benzene rings is 2. The Morgan fingerprint density at radius 2 is 1.50 bits per heavy atom. The molecule has 0 spiro atoms. The molecule has 8 nitrogen and oxygen atoms in total. The van der Waals surface area contributed by atoms with Crippen LogP contribution in [0.2, 0.25) is 10.0 Å². The fraction of sp³-hybridized carbons (Fsp3) is 0.333. The summed E-state index contributed by atoms with van der Waals surface area (Å²) in [5.41, 5.74) is 0.686. The smallest absolute Gasteiger partial charge is 0.243 e. The Balaban J connectivity index is 1.59. The molecule has 2 aromatic carbocycles. The van der Waals surface area contributed by atoms with Gasteiger partial charge in [-0.3, -0.25) is 14.5 Å². The van der Waals surface area contributed by atoms with Crippen LogP contribution in [0.4, 0.5) is 11.4 Å². The fourth-order valence-corrected chi connectivity index (χ4v) is 5.22. The van der Waals surface area contributed by atoms with Crippen molar-refractivity contribution in [1.29, 1.82) is 0 Å². The number of halogens is 2. The van der Waals surface area contributed by atoms with Gasteiger partial charge in [0.2, 0.25) is 21.8 Å². The van der Waals surface area contributed by atoms with Crippen LogP contribution in [0.25, 0.3) is 0 Å². The maximum absolute atomic E-state index is 12.8. The van der Waals surface area contributed by atoms with Crippen LogP contribution in [0.1, 0.15) is 12.8 Å². The Labute approximate surface area is 197 Å². The van der Waals surface area contributed by atoms with Crippen LogP contribution in [0, 0.1) is 0 Å². The van der Waals surface area contributed by atoms with Crippen LogP contribution < -0.4 is 10.6 Å². The van der Waals surface area contributed by atoms with Gasteiger partial charge < -0.3 is 10.6 Å². The molecular weight excluding hydrogens is 475 g/mol. The highest BCUT2D eigenvalue weighted by Gasteiger charge is 2.27. The molecule has 1 fully saturated rings. The van der Waals surface area contributed by atoms with Crippen LogP contribution in [0.5, 0.6) is 0 Å². The summed E-state index contributed by atoms with van der Waals surface area (Å²) < 4.78 is 27.0. The first-order valence-electron chi connectivity index (χ1n) is 9.99. The molecule has 172 valence electrons. The average molecular weight is 499 g/mol. The zero-order valence-electron chi connectivity index (χ0n) is 17.5. The molecule has 2 N–H and O–H groups in total. The molecule has 11 heteroatoms. The van der Waals surface area contributed by atoms with Crippen molar-refractivity contribution in [3.63, 3.8) is 0 Å². The summed E-state index contributed by atoms with van der Waals surface area (Å²) in [6.45, 7) is 0.812. The zero-order chi connectivity index (χ0) is 23.3. The van der Waals surface area contributed by atoms with E-state index in [0.717, 1.165) is 12.8 Å². The Hall–Kier alpha value is -2.17. The van der Waals surface area contributed by atoms with Crippen molar-refractivity contribution in [2.45, 2.75) is 17.7 Å². The Morgan fingerprint density at radius 1 is 0.938 bits per heavy atom. The first-order valence-corrected chi connectivity index (χ1v) is 12.2. The second-order valence-corrected chi connectivity index (χ2v) is 10.3. The molecule has 1 aliphatic rings. The van der Waals surface area contributed by atoms with Crippen LogP contribution in [0.3, 0.4) is 0 Å². The predicted molar refractivity (Wildman–Crippen MR) is 126 cm³/mol. The van der Waals surface area contributed by atoms with Crippen LogP contribution in [0.15, 0.2) is 47.4 Å². The summed E-state index contributed by atoms with van der Waals surface area (Å²) in [5, 5.41) is 5.95. The minimum atomic E-state index is -3.64. The summed E-state index contributed by atoms with van der Waals surface area (Å²) in [7, 11) is -2.02. The number of carbonyl (C=O) groups excluding carboxylic acids is 2. The number of para-hydroxylation sites is 1. The lowest BCUT2D eigenvalue weighted by atomic mass is 10.3. The van der Waals surface area contributed by atoms with E-state index in [0.29, 0.717) is 23.8 Å². The second-order valence-electron chi connectivity index (χ2n) is 7.50. The van der Waals surface area contributed by atoms with Gasteiger partial charge in [0, 0.05) is 13.1 Å². The van der Waals surface area contributed by atoms with E-state index in [1.165, 1.54) is 27.4 Å². The molecule has 32 heavy (non-hydrogen) atoms. The summed E-state index contributed by atoms with van der Waals surface area (Å²) in [6.07, 6.45) is 1.65. The van der Waals surface area contributed by atoms with Gasteiger partial charge in [0.1, 0.15) is 0 Å². The highest BCUT2D eigenvalue weighted by molar-refractivity contribution is 7.89. The van der Waals surface area contributed by atoms with E-state index in [4.69, 9.17) is 23.2 Å². The third kappa shape index (κ3) is 6.20. The van der Waals surface area contributed by atoms with E-state index in [2.05, 4.69) is 10.6 Å². The van der Waals surface area contributed by atoms with E-state index in [9.17, 15) is 18.0 Å². The fourth-order valence-electron chi connectivity index (χ4n) is 3.33. The number of nitrogens with one attached hydrogen (secondary N) is 2. The number of nitrogens with zero attached hydrogens (tertiary/aromatic N) is 2. The Kier molecular flexibility index (Phi) is 8.13. The highest BCUT2D eigenvalue weighted by atomic mass is 35.5. The van der Waals surface area contributed by atoms with Gasteiger partial charge in [0.15, 0.2) is 0 Å². The van der Waals surface area contributed by atoms with Crippen molar-refractivity contribution in [1.82, 2.24) is 9.21 Å². The third-order valence-corrected chi connectivity index (χ3v) is 7.44. The average Bonchev–Trinajstić information content (AvgIpc) is 3.27. The quantitative estimate of drug-likeness (QED) is 0.581. The van der Waals surface area contributed by atoms with Crippen molar-refractivity contribution in [3.8, 4) is 0 Å². The van der Waals surface area contributed by atoms with Crippen LogP contribution in [-0.4, -0.2) is 62.7 Å². The first kappa shape index (κ1) is 24.5. The van der Waals surface area contributed by atoms with Gasteiger partial charge in [0.05, 0.1) is 39.4 Å². The van der Waals surface area contributed by atoms with E-state index in [1.54, 1.807) is 31.3 Å². The molecule has 0 atom stereocenters. The largest absolute Gasteiger partial charge is 0.324 e. The third-order valence-electron chi connectivity index (χ3n) is 4.89. The Bertz CT molecular complexity index is 1100. The lowest BCUT2D eigenvalue weighted by Crippen LogP contribution is -2.36. The molecule has 1 saturated heterocycles. The van der Waals surface area contributed by atoms with Crippen LogP contribution in [-0.2, 0) is 19.6 Å². The molecule has 0 radical (unpaired) electrons. The topological polar surface area (TPSA) is 98.8 Å². The number of likely N-dealkylation sites (N-methyl/N-ethyl adjacent to an activating group) is 1. The minimum absolute atomic E-state index is 0.0459. The van der Waals surface area contributed by atoms with Gasteiger partial charge in [-0.2, -0.15) is 4.31 Å². The number of carbonyl (C=O) groups is 2. The molecule has 3 rings (SSSR count). The van der Waals surface area contributed by atoms with Crippen molar-refractivity contribution in [2.75, 3.05) is 43.9 Å². The number of hydrogen-bond donors (Lipinski definition) is 2. The van der Waals surface area contributed by atoms with Gasteiger partial charge in [0.25, 0.3) is 0 Å². The van der Waals surface area contributed by atoms with Gasteiger partial charge in [-0.1, -0.05) is 35.3 Å². The van der Waals surface area contributed by atoms with Crippen molar-refractivity contribution in [3.05, 3.63) is 52.5 Å². The number of sulfonamides is 1. The van der Waals surface area contributed by atoms with E-state index in [1.807, 2.05) is 0 Å². The molecular formula is C21H24Cl2N4O4S. The maximum atomic E-state index is 12.8. The molecule has 1 heterocycles.